The van der Waals surface area contributed by atoms with Crippen LogP contribution in [0.1, 0.15) is 5.56 Å². The Bertz CT molecular complexity index is 391. The summed E-state index contributed by atoms with van der Waals surface area (Å²) < 4.78 is 5.07. The SMILES string of the molecule is O=C1NCC(C(=O)OCc2ccccc2)N1. The van der Waals surface area contributed by atoms with Crippen LogP contribution in [0.5, 0.6) is 0 Å². The Hall–Kier alpha value is -2.04. The normalized spacial score (nSPS) is 18.8. The zero-order chi connectivity index (χ0) is 11.4. The van der Waals surface area contributed by atoms with Crippen molar-refractivity contribution in [2.75, 3.05) is 6.54 Å². The molecule has 0 aromatic heterocycles. The van der Waals surface area contributed by atoms with Crippen molar-refractivity contribution >= 4 is 12.0 Å². The van der Waals surface area contributed by atoms with E-state index >= 15 is 0 Å². The molecule has 1 saturated heterocycles. The molecule has 5 heteroatoms. The lowest BCUT2D eigenvalue weighted by Crippen LogP contribution is -2.35. The van der Waals surface area contributed by atoms with E-state index in [2.05, 4.69) is 10.6 Å². The molecule has 1 aromatic rings. The molecule has 1 aliphatic rings. The Morgan fingerprint density at radius 1 is 1.38 bits per heavy atom. The lowest BCUT2D eigenvalue weighted by atomic mass is 10.2. The largest absolute Gasteiger partial charge is 0.459 e. The fourth-order valence-electron chi connectivity index (χ4n) is 1.43. The number of hydrogen-bond acceptors (Lipinski definition) is 3. The number of esters is 1. The summed E-state index contributed by atoms with van der Waals surface area (Å²) >= 11 is 0. The standard InChI is InChI=1S/C11H12N2O3/c14-10(9-6-12-11(15)13-9)16-7-8-4-2-1-3-5-8/h1-5,9H,6-7H2,(H2,12,13,15). The van der Waals surface area contributed by atoms with Gasteiger partial charge in [0, 0.05) is 0 Å². The number of hydrogen-bond donors (Lipinski definition) is 2. The smallest absolute Gasteiger partial charge is 0.330 e. The summed E-state index contributed by atoms with van der Waals surface area (Å²) in [5.41, 5.74) is 0.924. The van der Waals surface area contributed by atoms with Crippen LogP contribution in [0.2, 0.25) is 0 Å². The van der Waals surface area contributed by atoms with E-state index in [1.165, 1.54) is 0 Å². The van der Waals surface area contributed by atoms with E-state index in [1.807, 2.05) is 30.3 Å². The summed E-state index contributed by atoms with van der Waals surface area (Å²) in [4.78, 5) is 22.3. The van der Waals surface area contributed by atoms with Crippen molar-refractivity contribution in [2.24, 2.45) is 0 Å². The second-order valence-corrected chi connectivity index (χ2v) is 3.50. The van der Waals surface area contributed by atoms with Crippen molar-refractivity contribution in [3.8, 4) is 0 Å². The number of amides is 2. The van der Waals surface area contributed by atoms with E-state index in [4.69, 9.17) is 4.74 Å². The van der Waals surface area contributed by atoms with Gasteiger partial charge >= 0.3 is 12.0 Å². The molecule has 84 valence electrons. The average molecular weight is 220 g/mol. The number of carbonyl (C=O) groups excluding carboxylic acids is 2. The Balaban J connectivity index is 1.82. The highest BCUT2D eigenvalue weighted by molar-refractivity contribution is 5.87. The van der Waals surface area contributed by atoms with Gasteiger partial charge in [-0.3, -0.25) is 0 Å². The quantitative estimate of drug-likeness (QED) is 0.725. The van der Waals surface area contributed by atoms with Gasteiger partial charge in [-0.25, -0.2) is 9.59 Å². The van der Waals surface area contributed by atoms with Crippen LogP contribution in [0.3, 0.4) is 0 Å². The molecule has 2 amide bonds. The van der Waals surface area contributed by atoms with E-state index in [-0.39, 0.29) is 19.2 Å². The van der Waals surface area contributed by atoms with Gasteiger partial charge < -0.3 is 15.4 Å². The molecule has 1 atom stereocenters. The maximum atomic E-state index is 11.5. The third-order valence-corrected chi connectivity index (χ3v) is 2.28. The lowest BCUT2D eigenvalue weighted by Gasteiger charge is -2.08. The Morgan fingerprint density at radius 3 is 2.75 bits per heavy atom. The second kappa shape index (κ2) is 4.65. The topological polar surface area (TPSA) is 67.4 Å². The van der Waals surface area contributed by atoms with Crippen LogP contribution in [-0.4, -0.2) is 24.6 Å². The summed E-state index contributed by atoms with van der Waals surface area (Å²) in [5, 5.41) is 4.96. The maximum Gasteiger partial charge on any atom is 0.330 e. The van der Waals surface area contributed by atoms with E-state index in [1.54, 1.807) is 0 Å². The predicted molar refractivity (Wildman–Crippen MR) is 56.6 cm³/mol. The molecule has 1 unspecified atom stereocenters. The first-order valence-corrected chi connectivity index (χ1v) is 5.00. The molecule has 2 rings (SSSR count). The van der Waals surface area contributed by atoms with Crippen LogP contribution in [-0.2, 0) is 16.1 Å². The molecule has 0 aliphatic carbocycles. The molecule has 5 nitrogen and oxygen atoms in total. The van der Waals surface area contributed by atoms with Crippen LogP contribution in [0.25, 0.3) is 0 Å². The van der Waals surface area contributed by atoms with Crippen molar-refractivity contribution < 1.29 is 14.3 Å². The van der Waals surface area contributed by atoms with Gasteiger partial charge in [0.05, 0.1) is 6.54 Å². The Morgan fingerprint density at radius 2 is 2.12 bits per heavy atom. The highest BCUT2D eigenvalue weighted by Gasteiger charge is 2.27. The van der Waals surface area contributed by atoms with Gasteiger partial charge in [0.25, 0.3) is 0 Å². The van der Waals surface area contributed by atoms with Gasteiger partial charge in [0.2, 0.25) is 0 Å². The minimum atomic E-state index is -0.573. The molecular weight excluding hydrogens is 208 g/mol. The predicted octanol–water partition coefficient (Wildman–Crippen LogP) is 0.411. The molecule has 1 aliphatic heterocycles. The molecule has 16 heavy (non-hydrogen) atoms. The van der Waals surface area contributed by atoms with Crippen LogP contribution >= 0.6 is 0 Å². The first-order valence-electron chi connectivity index (χ1n) is 5.00. The molecule has 0 saturated carbocycles. The van der Waals surface area contributed by atoms with Crippen molar-refractivity contribution in [3.05, 3.63) is 35.9 Å². The Kier molecular flexibility index (Phi) is 3.05. The zero-order valence-corrected chi connectivity index (χ0v) is 8.60. The van der Waals surface area contributed by atoms with Crippen molar-refractivity contribution in [1.82, 2.24) is 10.6 Å². The van der Waals surface area contributed by atoms with E-state index in [0.29, 0.717) is 0 Å². The molecule has 1 aromatic carbocycles. The van der Waals surface area contributed by atoms with E-state index < -0.39 is 12.0 Å². The fraction of sp³-hybridized carbons (Fsp3) is 0.273. The van der Waals surface area contributed by atoms with Crippen molar-refractivity contribution in [2.45, 2.75) is 12.6 Å². The third-order valence-electron chi connectivity index (χ3n) is 2.28. The van der Waals surface area contributed by atoms with Gasteiger partial charge in [0.1, 0.15) is 12.6 Å². The molecule has 1 fully saturated rings. The van der Waals surface area contributed by atoms with E-state index in [9.17, 15) is 9.59 Å². The summed E-state index contributed by atoms with van der Waals surface area (Å²) in [6, 6.07) is 8.49. The molecular formula is C11H12N2O3. The summed E-state index contributed by atoms with van der Waals surface area (Å²) in [7, 11) is 0. The van der Waals surface area contributed by atoms with Gasteiger partial charge in [0.15, 0.2) is 0 Å². The number of rotatable bonds is 3. The number of benzene rings is 1. The zero-order valence-electron chi connectivity index (χ0n) is 8.60. The third kappa shape index (κ3) is 2.50. The minimum Gasteiger partial charge on any atom is -0.459 e. The summed E-state index contributed by atoms with van der Waals surface area (Å²) in [5.74, 6) is -0.415. The second-order valence-electron chi connectivity index (χ2n) is 3.50. The monoisotopic (exact) mass is 220 g/mol. The summed E-state index contributed by atoms with van der Waals surface area (Å²) in [6.45, 7) is 0.512. The first-order chi connectivity index (χ1) is 7.75. The number of ether oxygens (including phenoxy) is 1. The Labute approximate surface area is 92.8 Å². The number of carbonyl (C=O) groups is 2. The fourth-order valence-corrected chi connectivity index (χ4v) is 1.43. The highest BCUT2D eigenvalue weighted by Crippen LogP contribution is 2.02. The number of nitrogens with one attached hydrogen (secondary N) is 2. The van der Waals surface area contributed by atoms with Crippen molar-refractivity contribution in [1.29, 1.82) is 0 Å². The first kappa shape index (κ1) is 10.5. The molecule has 0 bridgehead atoms. The van der Waals surface area contributed by atoms with Gasteiger partial charge in [-0.05, 0) is 5.56 Å². The van der Waals surface area contributed by atoms with Crippen LogP contribution in [0.15, 0.2) is 30.3 Å². The minimum absolute atomic E-state index is 0.228. The maximum absolute atomic E-state index is 11.5. The molecule has 1 heterocycles. The van der Waals surface area contributed by atoms with E-state index in [0.717, 1.165) is 5.56 Å². The lowest BCUT2D eigenvalue weighted by molar-refractivity contribution is -0.146. The van der Waals surface area contributed by atoms with Crippen LogP contribution in [0.4, 0.5) is 4.79 Å². The van der Waals surface area contributed by atoms with Gasteiger partial charge in [-0.2, -0.15) is 0 Å². The van der Waals surface area contributed by atoms with Crippen molar-refractivity contribution in [3.63, 3.8) is 0 Å². The highest BCUT2D eigenvalue weighted by atomic mass is 16.5. The van der Waals surface area contributed by atoms with Crippen LogP contribution in [0, 0.1) is 0 Å². The average Bonchev–Trinajstić information content (AvgIpc) is 2.74. The van der Waals surface area contributed by atoms with Crippen LogP contribution < -0.4 is 10.6 Å². The molecule has 0 radical (unpaired) electrons. The molecule has 2 N–H and O–H groups in total. The number of urea groups is 1. The summed E-state index contributed by atoms with van der Waals surface area (Å²) in [6.07, 6.45) is 0. The van der Waals surface area contributed by atoms with Gasteiger partial charge in [-0.15, -0.1) is 0 Å². The van der Waals surface area contributed by atoms with Gasteiger partial charge in [-0.1, -0.05) is 30.3 Å². The molecule has 0 spiro atoms.